The smallest absolute Gasteiger partial charge is 0.338 e. The van der Waals surface area contributed by atoms with Crippen molar-refractivity contribution in [2.45, 2.75) is 11.8 Å². The summed E-state index contributed by atoms with van der Waals surface area (Å²) in [6.45, 7) is 0.642. The molecule has 0 fully saturated rings. The fraction of sp³-hybridized carbons (Fsp3) is 0.227. The number of methoxy groups -OCH3 is 2. The van der Waals surface area contributed by atoms with E-state index in [1.807, 2.05) is 0 Å². The van der Waals surface area contributed by atoms with Crippen LogP contribution in [-0.4, -0.2) is 48.0 Å². The largest absolute Gasteiger partial charge is 0.495 e. The van der Waals surface area contributed by atoms with E-state index in [4.69, 9.17) is 36.8 Å². The molecule has 0 saturated carbocycles. The van der Waals surface area contributed by atoms with Gasteiger partial charge in [-0.25, -0.2) is 13.2 Å². The first kappa shape index (κ1) is 26.5. The van der Waals surface area contributed by atoms with Crippen LogP contribution in [0.3, 0.4) is 0 Å². The zero-order chi connectivity index (χ0) is 25.6. The number of ketones is 1. The zero-order valence-corrected chi connectivity index (χ0v) is 20.4. The number of nitrogens with zero attached hydrogens (tertiary/aromatic N) is 2. The highest BCUT2D eigenvalue weighted by Gasteiger charge is 2.26. The summed E-state index contributed by atoms with van der Waals surface area (Å²) < 4.78 is 42.8. The van der Waals surface area contributed by atoms with E-state index in [2.05, 4.69) is 0 Å². The van der Waals surface area contributed by atoms with E-state index < -0.39 is 28.4 Å². The fourth-order valence-corrected chi connectivity index (χ4v) is 4.30. The lowest BCUT2D eigenvalue weighted by atomic mass is 10.1. The van der Waals surface area contributed by atoms with Crippen LogP contribution in [0.2, 0.25) is 5.02 Å². The Morgan fingerprint density at radius 1 is 1.15 bits per heavy atom. The maximum Gasteiger partial charge on any atom is 0.338 e. The van der Waals surface area contributed by atoms with Crippen LogP contribution in [0.25, 0.3) is 0 Å². The molecule has 0 spiro atoms. The van der Waals surface area contributed by atoms with Gasteiger partial charge in [0.25, 0.3) is 10.0 Å². The Balaban J connectivity index is 2.33. The third-order valence-electron chi connectivity index (χ3n) is 4.64. The Bertz CT molecular complexity index is 1300. The van der Waals surface area contributed by atoms with E-state index >= 15 is 0 Å². The lowest BCUT2D eigenvalue weighted by molar-refractivity contribution is -0.118. The Hall–Kier alpha value is -3.75. The second-order valence-corrected chi connectivity index (χ2v) is 9.20. The number of carbonyl (C=O) groups is 2. The number of allylic oxidation sites excluding steroid dienone is 1. The van der Waals surface area contributed by atoms with Crippen LogP contribution in [0, 0.1) is 11.3 Å². The summed E-state index contributed by atoms with van der Waals surface area (Å²) >= 11 is 6.16. The Morgan fingerprint density at radius 2 is 1.79 bits per heavy atom. The highest BCUT2D eigenvalue weighted by Crippen LogP contribution is 2.39. The molecule has 0 unspecified atom stereocenters. The summed E-state index contributed by atoms with van der Waals surface area (Å²) in [5.74, 6) is -1.24. The van der Waals surface area contributed by atoms with E-state index in [0.717, 1.165) is 10.4 Å². The van der Waals surface area contributed by atoms with E-state index in [1.165, 1.54) is 58.5 Å². The van der Waals surface area contributed by atoms with Crippen LogP contribution >= 0.6 is 11.6 Å². The topological polar surface area (TPSA) is 149 Å². The molecular weight excluding hydrogens is 486 g/mol. The molecule has 0 aliphatic carbocycles. The predicted octanol–water partition coefficient (Wildman–Crippen LogP) is 2.66. The van der Waals surface area contributed by atoms with Gasteiger partial charge in [-0.2, -0.15) is 5.26 Å². The number of hydrogen-bond donors (Lipinski definition) is 1. The van der Waals surface area contributed by atoms with Crippen molar-refractivity contribution in [2.75, 3.05) is 32.2 Å². The maximum atomic E-state index is 13.2. The molecule has 0 aliphatic heterocycles. The number of hydrogen-bond acceptors (Lipinski definition) is 9. The minimum atomic E-state index is -4.16. The number of rotatable bonds is 9. The number of anilines is 1. The van der Waals surface area contributed by atoms with Gasteiger partial charge in [-0.05, 0) is 31.2 Å². The minimum absolute atomic E-state index is 0.00580. The highest BCUT2D eigenvalue weighted by atomic mass is 35.5. The quantitative estimate of drug-likeness (QED) is 0.307. The molecule has 180 valence electrons. The summed E-state index contributed by atoms with van der Waals surface area (Å²) in [6, 6.07) is 9.53. The van der Waals surface area contributed by atoms with Gasteiger partial charge in [-0.15, -0.1) is 0 Å². The first-order valence-corrected chi connectivity index (χ1v) is 11.4. The highest BCUT2D eigenvalue weighted by molar-refractivity contribution is 7.92. The molecule has 0 aliphatic rings. The van der Waals surface area contributed by atoms with Crippen molar-refractivity contribution in [3.63, 3.8) is 0 Å². The van der Waals surface area contributed by atoms with Crippen LogP contribution < -0.4 is 19.5 Å². The molecule has 0 radical (unpaired) electrons. The van der Waals surface area contributed by atoms with E-state index in [9.17, 15) is 18.0 Å². The number of ether oxygens (including phenoxy) is 3. The molecule has 10 nitrogen and oxygen atoms in total. The molecule has 0 saturated heterocycles. The number of benzene rings is 2. The lowest BCUT2D eigenvalue weighted by Crippen LogP contribution is -2.27. The van der Waals surface area contributed by atoms with Gasteiger partial charge >= 0.3 is 5.97 Å². The second-order valence-electron chi connectivity index (χ2n) is 6.83. The van der Waals surface area contributed by atoms with Crippen LogP contribution in [0.5, 0.6) is 11.5 Å². The predicted molar refractivity (Wildman–Crippen MR) is 124 cm³/mol. The fourth-order valence-electron chi connectivity index (χ4n) is 2.82. The van der Waals surface area contributed by atoms with Gasteiger partial charge in [0.2, 0.25) is 5.78 Å². The Labute approximate surface area is 202 Å². The van der Waals surface area contributed by atoms with Gasteiger partial charge in [0.1, 0.15) is 23.1 Å². The standard InChI is InChI=1S/C22H22ClN3O7S/c1-13(25)16(11-24)19(27)12-33-22(28)14-6-5-7-15(8-14)34(29,30)26(2)18-9-17(23)20(31-3)10-21(18)32-4/h5-10H,12,25H2,1-4H3/b16-13+. The summed E-state index contributed by atoms with van der Waals surface area (Å²) in [4.78, 5) is 24.2. The van der Waals surface area contributed by atoms with Gasteiger partial charge < -0.3 is 19.9 Å². The minimum Gasteiger partial charge on any atom is -0.495 e. The molecule has 0 aromatic heterocycles. The number of nitrogens with two attached hydrogens (primary N) is 1. The van der Waals surface area contributed by atoms with Crippen molar-refractivity contribution in [3.05, 3.63) is 58.3 Å². The third-order valence-corrected chi connectivity index (χ3v) is 6.70. The van der Waals surface area contributed by atoms with Crippen LogP contribution in [0.1, 0.15) is 17.3 Å². The number of esters is 1. The number of nitriles is 1. The van der Waals surface area contributed by atoms with E-state index in [0.29, 0.717) is 5.75 Å². The van der Waals surface area contributed by atoms with Crippen molar-refractivity contribution in [1.29, 1.82) is 5.26 Å². The average molecular weight is 508 g/mol. The van der Waals surface area contributed by atoms with Crippen molar-refractivity contribution < 1.29 is 32.2 Å². The zero-order valence-electron chi connectivity index (χ0n) is 18.8. The molecule has 0 bridgehead atoms. The summed E-state index contributed by atoms with van der Waals surface area (Å²) in [7, 11) is -0.0936. The molecule has 12 heteroatoms. The molecule has 2 rings (SSSR count). The Kier molecular flexibility index (Phi) is 8.51. The number of carbonyl (C=O) groups excluding carboxylic acids is 2. The first-order chi connectivity index (χ1) is 16.0. The van der Waals surface area contributed by atoms with Crippen LogP contribution in [0.15, 0.2) is 52.6 Å². The molecule has 2 aromatic carbocycles. The van der Waals surface area contributed by atoms with E-state index in [-0.39, 0.29) is 38.2 Å². The van der Waals surface area contributed by atoms with Gasteiger partial charge in [0, 0.05) is 18.8 Å². The van der Waals surface area contributed by atoms with Gasteiger partial charge in [-0.3, -0.25) is 9.10 Å². The van der Waals surface area contributed by atoms with Crippen LogP contribution in [-0.2, 0) is 19.6 Å². The van der Waals surface area contributed by atoms with Crippen LogP contribution in [0.4, 0.5) is 5.69 Å². The van der Waals surface area contributed by atoms with E-state index in [1.54, 1.807) is 6.07 Å². The van der Waals surface area contributed by atoms with Crippen molar-refractivity contribution in [2.24, 2.45) is 5.73 Å². The summed E-state index contributed by atoms with van der Waals surface area (Å²) in [5.41, 5.74) is 5.15. The molecule has 0 atom stereocenters. The molecule has 0 amide bonds. The lowest BCUT2D eigenvalue weighted by Gasteiger charge is -2.23. The van der Waals surface area contributed by atoms with Crippen molar-refractivity contribution in [3.8, 4) is 17.6 Å². The molecule has 0 heterocycles. The number of halogens is 1. The number of Topliss-reactive ketones (excluding diaryl/α,β-unsaturated/α-hetero) is 1. The van der Waals surface area contributed by atoms with Crippen molar-refractivity contribution >= 4 is 39.1 Å². The van der Waals surface area contributed by atoms with Gasteiger partial charge in [-0.1, -0.05) is 17.7 Å². The normalized spacial score (nSPS) is 11.6. The summed E-state index contributed by atoms with van der Waals surface area (Å²) in [6.07, 6.45) is 0. The first-order valence-electron chi connectivity index (χ1n) is 9.55. The van der Waals surface area contributed by atoms with Gasteiger partial charge in [0.15, 0.2) is 6.61 Å². The average Bonchev–Trinajstić information content (AvgIpc) is 2.82. The molecule has 2 N–H and O–H groups in total. The second kappa shape index (κ2) is 10.9. The summed E-state index contributed by atoms with van der Waals surface area (Å²) in [5, 5.41) is 9.13. The third kappa shape index (κ3) is 5.59. The maximum absolute atomic E-state index is 13.2. The van der Waals surface area contributed by atoms with Crippen molar-refractivity contribution in [1.82, 2.24) is 0 Å². The SMILES string of the molecule is COc1cc(OC)c(N(C)S(=O)(=O)c2cccc(C(=O)OCC(=O)/C(C#N)=C(\C)N)c2)cc1Cl. The van der Waals surface area contributed by atoms with Gasteiger partial charge in [0.05, 0.1) is 35.4 Å². The Morgan fingerprint density at radius 3 is 2.35 bits per heavy atom. The molecular formula is C22H22ClN3O7S. The number of sulfonamides is 1. The monoisotopic (exact) mass is 507 g/mol. The molecule has 2 aromatic rings. The molecule has 34 heavy (non-hydrogen) atoms.